The van der Waals surface area contributed by atoms with Gasteiger partial charge in [0.25, 0.3) is 11.8 Å². The maximum atomic E-state index is 12.8. The van der Waals surface area contributed by atoms with Gasteiger partial charge in [-0.1, -0.05) is 30.3 Å². The monoisotopic (exact) mass is 408 g/mol. The lowest BCUT2D eigenvalue weighted by Crippen LogP contribution is -2.40. The van der Waals surface area contributed by atoms with Gasteiger partial charge in [-0.25, -0.2) is 0 Å². The van der Waals surface area contributed by atoms with Crippen LogP contribution in [0.5, 0.6) is 0 Å². The highest BCUT2D eigenvalue weighted by Crippen LogP contribution is 2.30. The smallest absolute Gasteiger partial charge is 0.275 e. The minimum atomic E-state index is -0.523. The van der Waals surface area contributed by atoms with Crippen molar-refractivity contribution in [2.75, 3.05) is 5.32 Å². The molecule has 0 fully saturated rings. The van der Waals surface area contributed by atoms with E-state index >= 15 is 0 Å². The third kappa shape index (κ3) is 3.64. The first-order valence-electron chi connectivity index (χ1n) is 9.00. The van der Waals surface area contributed by atoms with E-state index in [1.807, 2.05) is 44.2 Å². The maximum absolute atomic E-state index is 12.8. The molecule has 4 aromatic rings. The van der Waals surface area contributed by atoms with Crippen molar-refractivity contribution in [2.24, 2.45) is 7.05 Å². The minimum absolute atomic E-state index is 0.183. The number of nitrogens with one attached hydrogen (secondary N) is 3. The lowest BCUT2D eigenvalue weighted by atomic mass is 9.94. The highest BCUT2D eigenvalue weighted by atomic mass is 32.1. The molecule has 0 saturated heterocycles. The molecule has 0 aliphatic carbocycles. The van der Waals surface area contributed by atoms with Crippen LogP contribution in [0.25, 0.3) is 10.2 Å². The summed E-state index contributed by atoms with van der Waals surface area (Å²) in [6, 6.07) is 13.2. The molecule has 148 valence electrons. The number of rotatable bonds is 5. The Morgan fingerprint density at radius 2 is 1.90 bits per heavy atom. The van der Waals surface area contributed by atoms with Gasteiger partial charge in [0.15, 0.2) is 5.82 Å². The van der Waals surface area contributed by atoms with E-state index in [0.29, 0.717) is 26.6 Å². The molecule has 1 aromatic carbocycles. The van der Waals surface area contributed by atoms with Crippen molar-refractivity contribution in [1.29, 1.82) is 0 Å². The largest absolute Gasteiger partial charge is 0.342 e. The van der Waals surface area contributed by atoms with E-state index in [1.54, 1.807) is 25.4 Å². The van der Waals surface area contributed by atoms with E-state index in [0.717, 1.165) is 5.56 Å². The normalized spacial score (nSPS) is 11.6. The second-order valence-electron chi connectivity index (χ2n) is 7.16. The topological polar surface area (TPSA) is 105 Å². The summed E-state index contributed by atoms with van der Waals surface area (Å²) >= 11 is 1.29. The Labute approximate surface area is 170 Å². The number of aryl methyl sites for hydroxylation is 1. The lowest BCUT2D eigenvalue weighted by Gasteiger charge is -2.26. The summed E-state index contributed by atoms with van der Waals surface area (Å²) in [7, 11) is 1.69. The molecule has 0 radical (unpaired) electrons. The molecule has 9 heteroatoms. The Bertz CT molecular complexity index is 1190. The van der Waals surface area contributed by atoms with Crippen molar-refractivity contribution in [1.82, 2.24) is 25.3 Å². The van der Waals surface area contributed by atoms with Crippen molar-refractivity contribution >= 4 is 39.2 Å². The second-order valence-corrected chi connectivity index (χ2v) is 8.22. The molecule has 3 N–H and O–H groups in total. The number of anilines is 1. The van der Waals surface area contributed by atoms with Gasteiger partial charge in [0.1, 0.15) is 10.5 Å². The van der Waals surface area contributed by atoms with E-state index in [4.69, 9.17) is 0 Å². The van der Waals surface area contributed by atoms with Gasteiger partial charge in [-0.05, 0) is 31.5 Å². The number of amides is 2. The van der Waals surface area contributed by atoms with Crippen LogP contribution in [0.15, 0.2) is 48.7 Å². The molecule has 3 aromatic heterocycles. The van der Waals surface area contributed by atoms with Gasteiger partial charge < -0.3 is 10.6 Å². The minimum Gasteiger partial charge on any atom is -0.342 e. The van der Waals surface area contributed by atoms with Gasteiger partial charge in [-0.15, -0.1) is 11.3 Å². The van der Waals surface area contributed by atoms with Crippen LogP contribution in [0.2, 0.25) is 0 Å². The SMILES string of the molecule is Cn1nccc1C(=O)Nc1n[nH]c2sc(C(=O)NC(C)(C)c3ccccc3)cc12. The van der Waals surface area contributed by atoms with Gasteiger partial charge in [0.05, 0.1) is 15.8 Å². The predicted octanol–water partition coefficient (Wildman–Crippen LogP) is 3.28. The van der Waals surface area contributed by atoms with Crippen molar-refractivity contribution in [3.8, 4) is 0 Å². The second kappa shape index (κ2) is 7.17. The molecular formula is C20H20N6O2S. The molecule has 3 heterocycles. The molecule has 29 heavy (non-hydrogen) atoms. The van der Waals surface area contributed by atoms with Crippen LogP contribution in [0, 0.1) is 0 Å². The number of fused-ring (bicyclic) bond motifs is 1. The zero-order valence-corrected chi connectivity index (χ0v) is 17.0. The third-order valence-corrected chi connectivity index (χ3v) is 5.73. The first-order valence-corrected chi connectivity index (χ1v) is 9.82. The number of benzene rings is 1. The third-order valence-electron chi connectivity index (χ3n) is 4.69. The van der Waals surface area contributed by atoms with Crippen LogP contribution in [0.4, 0.5) is 5.82 Å². The van der Waals surface area contributed by atoms with Gasteiger partial charge in [-0.2, -0.15) is 10.2 Å². The van der Waals surface area contributed by atoms with E-state index in [1.165, 1.54) is 16.0 Å². The quantitative estimate of drug-likeness (QED) is 0.471. The summed E-state index contributed by atoms with van der Waals surface area (Å²) in [6.45, 7) is 3.92. The Morgan fingerprint density at radius 3 is 2.59 bits per heavy atom. The fourth-order valence-electron chi connectivity index (χ4n) is 3.06. The van der Waals surface area contributed by atoms with E-state index in [9.17, 15) is 9.59 Å². The van der Waals surface area contributed by atoms with Crippen molar-refractivity contribution in [2.45, 2.75) is 19.4 Å². The number of H-pyrrole nitrogens is 1. The first kappa shape index (κ1) is 18.9. The number of carbonyl (C=O) groups excluding carboxylic acids is 2. The van der Waals surface area contributed by atoms with E-state index in [2.05, 4.69) is 25.9 Å². The van der Waals surface area contributed by atoms with E-state index < -0.39 is 5.54 Å². The van der Waals surface area contributed by atoms with Gasteiger partial charge in [0, 0.05) is 13.2 Å². The molecular weight excluding hydrogens is 388 g/mol. The van der Waals surface area contributed by atoms with Crippen molar-refractivity contribution in [3.05, 3.63) is 64.8 Å². The fraction of sp³-hybridized carbons (Fsp3) is 0.200. The number of hydrogen-bond acceptors (Lipinski definition) is 5. The average molecular weight is 408 g/mol. The summed E-state index contributed by atoms with van der Waals surface area (Å²) in [5.74, 6) is -0.123. The maximum Gasteiger partial charge on any atom is 0.275 e. The number of hydrogen-bond donors (Lipinski definition) is 3. The summed E-state index contributed by atoms with van der Waals surface area (Å²) in [6.07, 6.45) is 1.55. The van der Waals surface area contributed by atoms with Crippen LogP contribution < -0.4 is 10.6 Å². The first-order chi connectivity index (χ1) is 13.8. The molecule has 0 aliphatic heterocycles. The molecule has 0 spiro atoms. The molecule has 0 saturated carbocycles. The summed E-state index contributed by atoms with van der Waals surface area (Å²) in [5, 5.41) is 17.5. The average Bonchev–Trinajstić information content (AvgIpc) is 3.39. The van der Waals surface area contributed by atoms with Crippen LogP contribution in [0.1, 0.15) is 39.6 Å². The number of aromatic amines is 1. The van der Waals surface area contributed by atoms with Crippen LogP contribution >= 0.6 is 11.3 Å². The lowest BCUT2D eigenvalue weighted by molar-refractivity contribution is 0.0915. The van der Waals surface area contributed by atoms with Crippen LogP contribution in [-0.2, 0) is 12.6 Å². The zero-order chi connectivity index (χ0) is 20.6. The molecule has 0 aliphatic rings. The Hall–Kier alpha value is -3.46. The molecule has 0 bridgehead atoms. The number of nitrogens with zero attached hydrogens (tertiary/aromatic N) is 3. The fourth-order valence-corrected chi connectivity index (χ4v) is 3.96. The van der Waals surface area contributed by atoms with E-state index in [-0.39, 0.29) is 11.8 Å². The van der Waals surface area contributed by atoms with Crippen LogP contribution in [0.3, 0.4) is 0 Å². The molecule has 0 atom stereocenters. The summed E-state index contributed by atoms with van der Waals surface area (Å²) in [4.78, 5) is 26.5. The molecule has 2 amide bonds. The van der Waals surface area contributed by atoms with Gasteiger partial charge in [-0.3, -0.25) is 19.4 Å². The predicted molar refractivity (Wildman–Crippen MR) is 112 cm³/mol. The van der Waals surface area contributed by atoms with Crippen LogP contribution in [-0.4, -0.2) is 31.8 Å². The zero-order valence-electron chi connectivity index (χ0n) is 16.2. The Balaban J connectivity index is 1.55. The number of thiophene rings is 1. The number of carbonyl (C=O) groups is 2. The highest BCUT2D eigenvalue weighted by Gasteiger charge is 2.25. The molecule has 0 unspecified atom stereocenters. The Kier molecular flexibility index (Phi) is 4.67. The number of aromatic nitrogens is 4. The molecule has 8 nitrogen and oxygen atoms in total. The summed E-state index contributed by atoms with van der Waals surface area (Å²) in [5.41, 5.74) is 0.908. The van der Waals surface area contributed by atoms with Gasteiger partial charge >= 0.3 is 0 Å². The van der Waals surface area contributed by atoms with Crippen molar-refractivity contribution < 1.29 is 9.59 Å². The highest BCUT2D eigenvalue weighted by molar-refractivity contribution is 7.20. The Morgan fingerprint density at radius 1 is 1.14 bits per heavy atom. The van der Waals surface area contributed by atoms with Crippen molar-refractivity contribution in [3.63, 3.8) is 0 Å². The summed E-state index contributed by atoms with van der Waals surface area (Å²) < 4.78 is 1.48. The molecule has 4 rings (SSSR count). The standard InChI is InChI=1S/C20H20N6O2S/c1-20(2,12-7-5-4-6-8-12)23-18(28)15-11-13-16(24-25-19(13)29-15)22-17(27)14-9-10-21-26(14)3/h4-11H,1-3H3,(H,23,28)(H2,22,24,25,27). The van der Waals surface area contributed by atoms with Gasteiger partial charge in [0.2, 0.25) is 0 Å².